The minimum Gasteiger partial charge on any atom is -0.454 e. The van der Waals surface area contributed by atoms with Crippen molar-refractivity contribution in [1.29, 1.82) is 0 Å². The lowest BCUT2D eigenvalue weighted by atomic mass is 10.2. The van der Waals surface area contributed by atoms with Gasteiger partial charge in [0.2, 0.25) is 0 Å². The predicted octanol–water partition coefficient (Wildman–Crippen LogP) is 4.91. The molecule has 0 saturated carbocycles. The van der Waals surface area contributed by atoms with E-state index in [1.54, 1.807) is 12.1 Å². The number of aldehydes is 1. The fourth-order valence-electron chi connectivity index (χ4n) is 2.12. The summed E-state index contributed by atoms with van der Waals surface area (Å²) in [6, 6.07) is 15.0. The van der Waals surface area contributed by atoms with Crippen LogP contribution in [0, 0.1) is 6.92 Å². The molecule has 0 aliphatic rings. The van der Waals surface area contributed by atoms with Crippen molar-refractivity contribution in [2.24, 2.45) is 0 Å². The molecule has 3 rings (SSSR count). The van der Waals surface area contributed by atoms with Crippen LogP contribution in [0.1, 0.15) is 16.1 Å². The summed E-state index contributed by atoms with van der Waals surface area (Å²) in [5.41, 5.74) is 2.20. The highest BCUT2D eigenvalue weighted by atomic mass is 79.9. The van der Waals surface area contributed by atoms with Crippen LogP contribution in [0.5, 0.6) is 11.5 Å². The van der Waals surface area contributed by atoms with Crippen molar-refractivity contribution >= 4 is 33.1 Å². The molecule has 0 bridgehead atoms. The van der Waals surface area contributed by atoms with E-state index in [0.29, 0.717) is 17.1 Å². The Labute approximate surface area is 130 Å². The van der Waals surface area contributed by atoms with Gasteiger partial charge in [0.05, 0.1) is 5.56 Å². The molecular formula is C17H12BrNO2. The Hall–Kier alpha value is -2.20. The van der Waals surface area contributed by atoms with Crippen LogP contribution >= 0.6 is 15.9 Å². The third kappa shape index (κ3) is 2.81. The number of halogens is 1. The Bertz CT molecular complexity index is 830. The average Bonchev–Trinajstić information content (AvgIpc) is 2.49. The van der Waals surface area contributed by atoms with Crippen molar-refractivity contribution in [3.05, 3.63) is 64.3 Å². The second-order valence-electron chi connectivity index (χ2n) is 4.68. The number of fused-ring (bicyclic) bond motifs is 1. The van der Waals surface area contributed by atoms with Crippen molar-refractivity contribution in [2.45, 2.75) is 6.92 Å². The molecule has 0 atom stereocenters. The molecule has 1 heterocycles. The molecule has 2 aromatic carbocycles. The zero-order valence-electron chi connectivity index (χ0n) is 11.3. The van der Waals surface area contributed by atoms with Crippen molar-refractivity contribution in [2.75, 3.05) is 0 Å². The van der Waals surface area contributed by atoms with Gasteiger partial charge in [0.1, 0.15) is 11.3 Å². The molecule has 0 N–H and O–H groups in total. The maximum Gasteiger partial charge on any atom is 0.153 e. The Morgan fingerprint density at radius 3 is 2.76 bits per heavy atom. The van der Waals surface area contributed by atoms with E-state index in [0.717, 1.165) is 27.4 Å². The number of aryl methyl sites for hydroxylation is 1. The van der Waals surface area contributed by atoms with Crippen LogP contribution in [0.3, 0.4) is 0 Å². The number of aromatic nitrogens is 1. The van der Waals surface area contributed by atoms with Crippen LogP contribution in [0.15, 0.2) is 53.0 Å². The fourth-order valence-corrected chi connectivity index (χ4v) is 2.50. The van der Waals surface area contributed by atoms with Gasteiger partial charge in [-0.25, -0.2) is 4.98 Å². The van der Waals surface area contributed by atoms with E-state index in [2.05, 4.69) is 20.9 Å². The number of carbonyl (C=O) groups excluding carboxylic acids is 1. The first-order chi connectivity index (χ1) is 10.2. The predicted molar refractivity (Wildman–Crippen MR) is 86.1 cm³/mol. The first-order valence-electron chi connectivity index (χ1n) is 6.46. The lowest BCUT2D eigenvalue weighted by Gasteiger charge is -2.10. The van der Waals surface area contributed by atoms with E-state index in [1.165, 1.54) is 0 Å². The van der Waals surface area contributed by atoms with E-state index >= 15 is 0 Å². The number of rotatable bonds is 3. The summed E-state index contributed by atoms with van der Waals surface area (Å²) in [6.07, 6.45) is 0.782. The van der Waals surface area contributed by atoms with Gasteiger partial charge in [0.25, 0.3) is 0 Å². The summed E-state index contributed by atoms with van der Waals surface area (Å²) in [6.45, 7) is 1.94. The number of benzene rings is 2. The summed E-state index contributed by atoms with van der Waals surface area (Å²) in [4.78, 5) is 15.7. The van der Waals surface area contributed by atoms with E-state index < -0.39 is 0 Å². The fraction of sp³-hybridized carbons (Fsp3) is 0.0588. The second kappa shape index (κ2) is 5.66. The molecule has 21 heavy (non-hydrogen) atoms. The van der Waals surface area contributed by atoms with Crippen LogP contribution < -0.4 is 4.74 Å². The largest absolute Gasteiger partial charge is 0.454 e. The van der Waals surface area contributed by atoms with Gasteiger partial charge in [-0.3, -0.25) is 4.79 Å². The lowest BCUT2D eigenvalue weighted by Crippen LogP contribution is -1.93. The van der Waals surface area contributed by atoms with Crippen molar-refractivity contribution in [3.63, 3.8) is 0 Å². The van der Waals surface area contributed by atoms with E-state index in [1.807, 2.05) is 43.3 Å². The van der Waals surface area contributed by atoms with Crippen LogP contribution in [-0.2, 0) is 0 Å². The molecule has 0 amide bonds. The van der Waals surface area contributed by atoms with E-state index in [9.17, 15) is 4.79 Å². The van der Waals surface area contributed by atoms with Crippen LogP contribution in [0.2, 0.25) is 0 Å². The van der Waals surface area contributed by atoms with Gasteiger partial charge in [-0.1, -0.05) is 34.1 Å². The SMILES string of the molecule is Cc1ccc2cccc(Oc3ccc(Br)cc3C=O)c2n1. The van der Waals surface area contributed by atoms with Crippen LogP contribution in [-0.4, -0.2) is 11.3 Å². The van der Waals surface area contributed by atoms with Gasteiger partial charge >= 0.3 is 0 Å². The third-order valence-corrected chi connectivity index (χ3v) is 3.63. The number of hydrogen-bond donors (Lipinski definition) is 0. The smallest absolute Gasteiger partial charge is 0.153 e. The number of ether oxygens (including phenoxy) is 1. The highest BCUT2D eigenvalue weighted by molar-refractivity contribution is 9.10. The molecule has 0 spiro atoms. The maximum absolute atomic E-state index is 11.2. The van der Waals surface area contributed by atoms with Gasteiger partial charge in [-0.15, -0.1) is 0 Å². The van der Waals surface area contributed by atoms with Crippen molar-refractivity contribution in [1.82, 2.24) is 4.98 Å². The van der Waals surface area contributed by atoms with Crippen LogP contribution in [0.25, 0.3) is 10.9 Å². The number of para-hydroxylation sites is 1. The summed E-state index contributed by atoms with van der Waals surface area (Å²) in [7, 11) is 0. The van der Waals surface area contributed by atoms with Gasteiger partial charge in [-0.2, -0.15) is 0 Å². The third-order valence-electron chi connectivity index (χ3n) is 3.14. The normalized spacial score (nSPS) is 10.6. The standard InChI is InChI=1S/C17H12BrNO2/c1-11-5-6-12-3-2-4-16(17(12)19-11)21-15-8-7-14(18)9-13(15)10-20/h2-10H,1H3. The van der Waals surface area contributed by atoms with Crippen LogP contribution in [0.4, 0.5) is 0 Å². The Morgan fingerprint density at radius 2 is 1.95 bits per heavy atom. The van der Waals surface area contributed by atoms with Crippen molar-refractivity contribution < 1.29 is 9.53 Å². The highest BCUT2D eigenvalue weighted by Crippen LogP contribution is 2.31. The zero-order chi connectivity index (χ0) is 14.8. The molecule has 3 nitrogen and oxygen atoms in total. The molecule has 0 fully saturated rings. The molecule has 0 aliphatic carbocycles. The Morgan fingerprint density at radius 1 is 1.10 bits per heavy atom. The first-order valence-corrected chi connectivity index (χ1v) is 7.25. The molecular weight excluding hydrogens is 330 g/mol. The molecule has 104 valence electrons. The second-order valence-corrected chi connectivity index (χ2v) is 5.60. The van der Waals surface area contributed by atoms with E-state index in [-0.39, 0.29) is 0 Å². The molecule has 1 aromatic heterocycles. The molecule has 3 aromatic rings. The summed E-state index contributed by atoms with van der Waals surface area (Å²) < 4.78 is 6.75. The number of nitrogens with zero attached hydrogens (tertiary/aromatic N) is 1. The number of carbonyl (C=O) groups is 1. The summed E-state index contributed by atoms with van der Waals surface area (Å²) in [5.74, 6) is 1.16. The molecule has 0 saturated heterocycles. The lowest BCUT2D eigenvalue weighted by molar-refractivity contribution is 0.112. The quantitative estimate of drug-likeness (QED) is 0.635. The van der Waals surface area contributed by atoms with Crippen molar-refractivity contribution in [3.8, 4) is 11.5 Å². The monoisotopic (exact) mass is 341 g/mol. The summed E-state index contributed by atoms with van der Waals surface area (Å²) >= 11 is 3.35. The Balaban J connectivity index is 2.10. The van der Waals surface area contributed by atoms with Gasteiger partial charge in [0, 0.05) is 15.6 Å². The molecule has 0 radical (unpaired) electrons. The average molecular weight is 342 g/mol. The Kier molecular flexibility index (Phi) is 3.71. The van der Waals surface area contributed by atoms with E-state index in [4.69, 9.17) is 4.74 Å². The van der Waals surface area contributed by atoms with Gasteiger partial charge in [0.15, 0.2) is 12.0 Å². The maximum atomic E-state index is 11.2. The zero-order valence-corrected chi connectivity index (χ0v) is 12.9. The minimum absolute atomic E-state index is 0.494. The van der Waals surface area contributed by atoms with Gasteiger partial charge < -0.3 is 4.74 Å². The number of pyridine rings is 1. The summed E-state index contributed by atoms with van der Waals surface area (Å²) in [5, 5.41) is 1.00. The molecule has 0 unspecified atom stereocenters. The molecule has 0 aliphatic heterocycles. The van der Waals surface area contributed by atoms with Gasteiger partial charge in [-0.05, 0) is 37.3 Å². The first kappa shape index (κ1) is 13.8. The number of hydrogen-bond acceptors (Lipinski definition) is 3. The minimum atomic E-state index is 0.494. The topological polar surface area (TPSA) is 39.2 Å². The highest BCUT2D eigenvalue weighted by Gasteiger charge is 2.09. The molecule has 4 heteroatoms.